The van der Waals surface area contributed by atoms with Gasteiger partial charge >= 0.3 is 0 Å². The zero-order chi connectivity index (χ0) is 15.7. The van der Waals surface area contributed by atoms with Crippen molar-refractivity contribution in [2.75, 3.05) is 13.1 Å². The van der Waals surface area contributed by atoms with Crippen LogP contribution < -0.4 is 0 Å². The Morgan fingerprint density at radius 1 is 1.32 bits per heavy atom. The number of aromatic nitrogens is 1. The molecule has 2 aromatic heterocycles. The van der Waals surface area contributed by atoms with Crippen molar-refractivity contribution in [1.29, 1.82) is 0 Å². The first-order chi connectivity index (χ1) is 10.6. The van der Waals surface area contributed by atoms with Crippen molar-refractivity contribution in [3.63, 3.8) is 0 Å². The first-order valence-corrected chi connectivity index (χ1v) is 8.04. The van der Waals surface area contributed by atoms with E-state index in [0.717, 1.165) is 54.6 Å². The van der Waals surface area contributed by atoms with E-state index >= 15 is 0 Å². The van der Waals surface area contributed by atoms with Crippen LogP contribution in [0.2, 0.25) is 0 Å². The van der Waals surface area contributed by atoms with Crippen molar-refractivity contribution in [1.82, 2.24) is 9.47 Å². The Hall–Kier alpha value is -1.97. The summed E-state index contributed by atoms with van der Waals surface area (Å²) in [6, 6.07) is 5.87. The van der Waals surface area contributed by atoms with Crippen LogP contribution in [0.25, 0.3) is 0 Å². The number of nitrogens with zero attached hydrogens (tertiary/aromatic N) is 2. The average Bonchev–Trinajstić information content (AvgIpc) is 3.11. The van der Waals surface area contributed by atoms with Crippen LogP contribution in [-0.2, 0) is 6.54 Å². The summed E-state index contributed by atoms with van der Waals surface area (Å²) in [6.45, 7) is 8.76. The maximum atomic E-state index is 12.8. The van der Waals surface area contributed by atoms with Gasteiger partial charge in [-0.05, 0) is 50.8 Å². The highest BCUT2D eigenvalue weighted by Gasteiger charge is 2.24. The summed E-state index contributed by atoms with van der Waals surface area (Å²) in [6.07, 6.45) is 3.90. The van der Waals surface area contributed by atoms with Crippen LogP contribution in [0.1, 0.15) is 47.3 Å². The first kappa shape index (κ1) is 14.9. The number of amides is 1. The standard InChI is InChI=1S/C18H24N2O2/c1-13-6-8-19(9-7-13)18(21)17-11-14(2)20(15(17)3)12-16-5-4-10-22-16/h4-5,10-11,13H,6-9,12H2,1-3H3. The van der Waals surface area contributed by atoms with E-state index in [1.54, 1.807) is 6.26 Å². The average molecular weight is 300 g/mol. The van der Waals surface area contributed by atoms with Gasteiger partial charge in [-0.3, -0.25) is 4.79 Å². The molecule has 0 saturated carbocycles. The molecule has 3 rings (SSSR count). The summed E-state index contributed by atoms with van der Waals surface area (Å²) in [5.41, 5.74) is 2.96. The molecule has 1 saturated heterocycles. The van der Waals surface area contributed by atoms with Crippen molar-refractivity contribution in [3.05, 3.63) is 47.2 Å². The van der Waals surface area contributed by atoms with Gasteiger partial charge in [0.15, 0.2) is 0 Å². The van der Waals surface area contributed by atoms with Crippen molar-refractivity contribution in [2.45, 2.75) is 40.2 Å². The zero-order valence-corrected chi connectivity index (χ0v) is 13.6. The summed E-state index contributed by atoms with van der Waals surface area (Å²) in [4.78, 5) is 14.8. The Kier molecular flexibility index (Phi) is 4.10. The molecule has 1 aliphatic heterocycles. The molecule has 0 spiro atoms. The quantitative estimate of drug-likeness (QED) is 0.868. The topological polar surface area (TPSA) is 38.4 Å². The van der Waals surface area contributed by atoms with Gasteiger partial charge in [0.1, 0.15) is 5.76 Å². The molecule has 1 amide bonds. The highest BCUT2D eigenvalue weighted by molar-refractivity contribution is 5.95. The summed E-state index contributed by atoms with van der Waals surface area (Å²) in [5.74, 6) is 1.81. The highest BCUT2D eigenvalue weighted by atomic mass is 16.3. The van der Waals surface area contributed by atoms with Gasteiger partial charge < -0.3 is 13.9 Å². The summed E-state index contributed by atoms with van der Waals surface area (Å²) in [7, 11) is 0. The minimum Gasteiger partial charge on any atom is -0.467 e. The zero-order valence-electron chi connectivity index (χ0n) is 13.6. The number of likely N-dealkylation sites (tertiary alicyclic amines) is 1. The molecule has 3 heterocycles. The maximum absolute atomic E-state index is 12.8. The molecular formula is C18H24N2O2. The number of aryl methyl sites for hydroxylation is 1. The van der Waals surface area contributed by atoms with Crippen LogP contribution in [0.15, 0.2) is 28.9 Å². The molecule has 0 radical (unpaired) electrons. The molecule has 1 aliphatic rings. The second-order valence-electron chi connectivity index (χ2n) is 6.43. The number of hydrogen-bond acceptors (Lipinski definition) is 2. The summed E-state index contributed by atoms with van der Waals surface area (Å²) < 4.78 is 7.58. The smallest absolute Gasteiger partial charge is 0.255 e. The molecule has 4 heteroatoms. The predicted molar refractivity (Wildman–Crippen MR) is 86.0 cm³/mol. The van der Waals surface area contributed by atoms with Crippen LogP contribution in [0.5, 0.6) is 0 Å². The molecule has 4 nitrogen and oxygen atoms in total. The van der Waals surface area contributed by atoms with Crippen molar-refractivity contribution < 1.29 is 9.21 Å². The van der Waals surface area contributed by atoms with Crippen molar-refractivity contribution in [3.8, 4) is 0 Å². The van der Waals surface area contributed by atoms with E-state index in [1.165, 1.54) is 0 Å². The molecule has 0 aliphatic carbocycles. The molecule has 0 atom stereocenters. The Bertz CT molecular complexity index is 647. The number of carbonyl (C=O) groups is 1. The second-order valence-corrected chi connectivity index (χ2v) is 6.43. The van der Waals surface area contributed by atoms with E-state index < -0.39 is 0 Å². The Balaban J connectivity index is 1.81. The number of carbonyl (C=O) groups excluding carboxylic acids is 1. The lowest BCUT2D eigenvalue weighted by Crippen LogP contribution is -2.38. The van der Waals surface area contributed by atoms with Gasteiger partial charge in [-0.1, -0.05) is 6.92 Å². The van der Waals surface area contributed by atoms with Gasteiger partial charge in [-0.15, -0.1) is 0 Å². The van der Waals surface area contributed by atoms with E-state index in [4.69, 9.17) is 4.42 Å². The highest BCUT2D eigenvalue weighted by Crippen LogP contribution is 2.22. The lowest BCUT2D eigenvalue weighted by atomic mass is 9.98. The monoisotopic (exact) mass is 300 g/mol. The van der Waals surface area contributed by atoms with Crippen LogP contribution >= 0.6 is 0 Å². The fourth-order valence-electron chi connectivity index (χ4n) is 3.20. The molecule has 2 aromatic rings. The Morgan fingerprint density at radius 3 is 2.68 bits per heavy atom. The minimum absolute atomic E-state index is 0.172. The van der Waals surface area contributed by atoms with Crippen molar-refractivity contribution >= 4 is 5.91 Å². The number of furan rings is 1. The van der Waals surface area contributed by atoms with Gasteiger partial charge in [0.25, 0.3) is 5.91 Å². The van der Waals surface area contributed by atoms with Gasteiger partial charge in [0, 0.05) is 24.5 Å². The van der Waals surface area contributed by atoms with E-state index in [9.17, 15) is 4.79 Å². The van der Waals surface area contributed by atoms with E-state index in [-0.39, 0.29) is 5.91 Å². The Labute approximate surface area is 131 Å². The van der Waals surface area contributed by atoms with Gasteiger partial charge in [0.2, 0.25) is 0 Å². The number of piperidine rings is 1. The number of rotatable bonds is 3. The predicted octanol–water partition coefficient (Wildman–Crippen LogP) is 3.62. The molecular weight excluding hydrogens is 276 g/mol. The minimum atomic E-state index is 0.172. The third-order valence-electron chi connectivity index (χ3n) is 4.77. The fraction of sp³-hybridized carbons (Fsp3) is 0.500. The molecule has 0 aromatic carbocycles. The molecule has 118 valence electrons. The lowest BCUT2D eigenvalue weighted by Gasteiger charge is -2.30. The van der Waals surface area contributed by atoms with Crippen LogP contribution in [0.3, 0.4) is 0 Å². The van der Waals surface area contributed by atoms with Crippen LogP contribution in [-0.4, -0.2) is 28.5 Å². The normalized spacial score (nSPS) is 16.2. The summed E-state index contributed by atoms with van der Waals surface area (Å²) in [5, 5.41) is 0. The molecule has 0 unspecified atom stereocenters. The van der Waals surface area contributed by atoms with E-state index in [0.29, 0.717) is 6.54 Å². The summed E-state index contributed by atoms with van der Waals surface area (Å²) >= 11 is 0. The van der Waals surface area contributed by atoms with Gasteiger partial charge in [-0.2, -0.15) is 0 Å². The van der Waals surface area contributed by atoms with Crippen LogP contribution in [0, 0.1) is 19.8 Å². The van der Waals surface area contributed by atoms with Crippen molar-refractivity contribution in [2.24, 2.45) is 5.92 Å². The molecule has 22 heavy (non-hydrogen) atoms. The largest absolute Gasteiger partial charge is 0.467 e. The molecule has 1 fully saturated rings. The van der Waals surface area contributed by atoms with Gasteiger partial charge in [-0.25, -0.2) is 0 Å². The van der Waals surface area contributed by atoms with Gasteiger partial charge in [0.05, 0.1) is 18.4 Å². The van der Waals surface area contributed by atoms with E-state index in [1.807, 2.05) is 36.9 Å². The lowest BCUT2D eigenvalue weighted by molar-refractivity contribution is 0.0696. The first-order valence-electron chi connectivity index (χ1n) is 8.04. The Morgan fingerprint density at radius 2 is 2.05 bits per heavy atom. The maximum Gasteiger partial charge on any atom is 0.255 e. The second kappa shape index (κ2) is 6.03. The number of hydrogen-bond donors (Lipinski definition) is 0. The fourth-order valence-corrected chi connectivity index (χ4v) is 3.20. The third kappa shape index (κ3) is 2.82. The molecule has 0 bridgehead atoms. The third-order valence-corrected chi connectivity index (χ3v) is 4.77. The van der Waals surface area contributed by atoms with Crippen LogP contribution in [0.4, 0.5) is 0 Å². The SMILES string of the molecule is Cc1cc(C(=O)N2CCC(C)CC2)c(C)n1Cc1ccco1. The molecule has 0 N–H and O–H groups in total. The van der Waals surface area contributed by atoms with E-state index in [2.05, 4.69) is 11.5 Å².